The van der Waals surface area contributed by atoms with Crippen molar-refractivity contribution in [2.75, 3.05) is 7.11 Å². The lowest BCUT2D eigenvalue weighted by Crippen LogP contribution is -2.18. The minimum absolute atomic E-state index is 0.138. The zero-order valence-electron chi connectivity index (χ0n) is 15.1. The minimum atomic E-state index is -0.184. The van der Waals surface area contributed by atoms with Gasteiger partial charge in [-0.3, -0.25) is 0 Å². The predicted molar refractivity (Wildman–Crippen MR) is 108 cm³/mol. The first-order valence-corrected chi connectivity index (χ1v) is 9.54. The largest absolute Gasteiger partial charge is 0.497 e. The van der Waals surface area contributed by atoms with E-state index < -0.39 is 0 Å². The topological polar surface area (TPSA) is 82.8 Å². The Labute approximate surface area is 160 Å². The Bertz CT molecular complexity index is 1110. The van der Waals surface area contributed by atoms with Crippen LogP contribution in [0.25, 0.3) is 21.6 Å². The van der Waals surface area contributed by atoms with Crippen LogP contribution in [-0.4, -0.2) is 22.1 Å². The lowest BCUT2D eigenvalue weighted by molar-refractivity contribution is 0.415. The monoisotopic (exact) mass is 380 g/mol. The second-order valence-corrected chi connectivity index (χ2v) is 7.22. The van der Waals surface area contributed by atoms with E-state index >= 15 is 0 Å². The van der Waals surface area contributed by atoms with Crippen LogP contribution >= 0.6 is 11.3 Å². The SMILES string of the molecule is COc1ccc(-c2nc(CNC(C)c3ccc4[nH]c(=O)[nH]c4c3)cs2)cc1. The Kier molecular flexibility index (Phi) is 4.79. The lowest BCUT2D eigenvalue weighted by Gasteiger charge is -2.13. The Balaban J connectivity index is 1.43. The summed E-state index contributed by atoms with van der Waals surface area (Å²) in [4.78, 5) is 21.7. The quantitative estimate of drug-likeness (QED) is 0.475. The number of hydrogen-bond acceptors (Lipinski definition) is 5. The maximum absolute atomic E-state index is 11.4. The van der Waals surface area contributed by atoms with Crippen molar-refractivity contribution in [3.05, 3.63) is 69.6 Å². The maximum atomic E-state index is 11.4. The molecular formula is C20H20N4O2S. The lowest BCUT2D eigenvalue weighted by atomic mass is 10.1. The van der Waals surface area contributed by atoms with Crippen molar-refractivity contribution in [2.24, 2.45) is 0 Å². The molecule has 1 atom stereocenters. The van der Waals surface area contributed by atoms with Gasteiger partial charge in [-0.15, -0.1) is 11.3 Å². The molecule has 0 bridgehead atoms. The standard InChI is InChI=1S/C20H20N4O2S/c1-12(14-5-8-17-18(9-14)24-20(25)23-17)21-10-15-11-27-19(22-15)13-3-6-16(26-2)7-4-13/h3-9,11-12,21H,10H2,1-2H3,(H2,23,24,25). The number of aromatic nitrogens is 3. The third kappa shape index (κ3) is 3.79. The number of methoxy groups -OCH3 is 1. The van der Waals surface area contributed by atoms with Gasteiger partial charge in [0.15, 0.2) is 0 Å². The smallest absolute Gasteiger partial charge is 0.323 e. The van der Waals surface area contributed by atoms with Crippen molar-refractivity contribution < 1.29 is 4.74 Å². The predicted octanol–water partition coefficient (Wildman–Crippen LogP) is 3.84. The number of ether oxygens (including phenoxy) is 1. The Morgan fingerprint density at radius 1 is 1.15 bits per heavy atom. The molecule has 2 heterocycles. The van der Waals surface area contributed by atoms with Crippen molar-refractivity contribution in [2.45, 2.75) is 19.5 Å². The second-order valence-electron chi connectivity index (χ2n) is 6.36. The number of rotatable bonds is 6. The summed E-state index contributed by atoms with van der Waals surface area (Å²) in [5.41, 5.74) is 4.66. The van der Waals surface area contributed by atoms with Gasteiger partial charge in [0.25, 0.3) is 0 Å². The fraction of sp³-hybridized carbons (Fsp3) is 0.200. The zero-order chi connectivity index (χ0) is 18.8. The molecular weight excluding hydrogens is 360 g/mol. The van der Waals surface area contributed by atoms with Gasteiger partial charge in [-0.2, -0.15) is 0 Å². The van der Waals surface area contributed by atoms with E-state index in [1.54, 1.807) is 18.4 Å². The van der Waals surface area contributed by atoms with Crippen molar-refractivity contribution in [3.63, 3.8) is 0 Å². The van der Waals surface area contributed by atoms with E-state index in [1.165, 1.54) is 0 Å². The van der Waals surface area contributed by atoms with E-state index in [-0.39, 0.29) is 11.7 Å². The fourth-order valence-electron chi connectivity index (χ4n) is 2.95. The van der Waals surface area contributed by atoms with Gasteiger partial charge in [-0.1, -0.05) is 6.07 Å². The number of H-pyrrole nitrogens is 2. The van der Waals surface area contributed by atoms with Gasteiger partial charge in [0.2, 0.25) is 0 Å². The third-order valence-electron chi connectivity index (χ3n) is 4.52. The zero-order valence-corrected chi connectivity index (χ0v) is 15.9. The Morgan fingerprint density at radius 2 is 1.93 bits per heavy atom. The highest BCUT2D eigenvalue weighted by Gasteiger charge is 2.10. The highest BCUT2D eigenvalue weighted by atomic mass is 32.1. The molecule has 0 aliphatic carbocycles. The number of hydrogen-bond donors (Lipinski definition) is 3. The van der Waals surface area contributed by atoms with Gasteiger partial charge in [0.1, 0.15) is 10.8 Å². The molecule has 4 aromatic rings. The van der Waals surface area contributed by atoms with Crippen molar-refractivity contribution in [1.29, 1.82) is 0 Å². The van der Waals surface area contributed by atoms with E-state index in [2.05, 4.69) is 27.6 Å². The first-order chi connectivity index (χ1) is 13.1. The summed E-state index contributed by atoms with van der Waals surface area (Å²) in [7, 11) is 1.66. The second kappa shape index (κ2) is 7.38. The molecule has 0 saturated heterocycles. The van der Waals surface area contributed by atoms with Gasteiger partial charge in [0, 0.05) is 23.5 Å². The Morgan fingerprint density at radius 3 is 2.70 bits per heavy atom. The number of fused-ring (bicyclic) bond motifs is 1. The van der Waals surface area contributed by atoms with Crippen molar-refractivity contribution in [1.82, 2.24) is 20.3 Å². The summed E-state index contributed by atoms with van der Waals surface area (Å²) in [5, 5.41) is 6.56. The van der Waals surface area contributed by atoms with E-state index in [0.717, 1.165) is 38.6 Å². The highest BCUT2D eigenvalue weighted by molar-refractivity contribution is 7.13. The molecule has 2 aromatic heterocycles. The summed E-state index contributed by atoms with van der Waals surface area (Å²) in [5.74, 6) is 0.840. The number of thiazole rings is 1. The van der Waals surface area contributed by atoms with Crippen molar-refractivity contribution >= 4 is 22.4 Å². The molecule has 6 nitrogen and oxygen atoms in total. The van der Waals surface area contributed by atoms with Gasteiger partial charge in [-0.05, 0) is 48.9 Å². The summed E-state index contributed by atoms with van der Waals surface area (Å²) in [6.07, 6.45) is 0. The van der Waals surface area contributed by atoms with Crippen LogP contribution in [-0.2, 0) is 6.54 Å². The molecule has 3 N–H and O–H groups in total. The molecule has 0 fully saturated rings. The average molecular weight is 380 g/mol. The molecule has 0 amide bonds. The molecule has 0 radical (unpaired) electrons. The van der Waals surface area contributed by atoms with Gasteiger partial charge < -0.3 is 20.0 Å². The molecule has 0 aliphatic rings. The number of benzene rings is 2. The van der Waals surface area contributed by atoms with E-state index in [1.807, 2.05) is 42.5 Å². The fourth-order valence-corrected chi connectivity index (χ4v) is 3.78. The number of nitrogens with zero attached hydrogens (tertiary/aromatic N) is 1. The first kappa shape index (κ1) is 17.5. The molecule has 0 saturated carbocycles. The maximum Gasteiger partial charge on any atom is 0.323 e. The molecule has 1 unspecified atom stereocenters. The van der Waals surface area contributed by atoms with E-state index in [0.29, 0.717) is 6.54 Å². The number of aromatic amines is 2. The molecule has 138 valence electrons. The number of nitrogens with one attached hydrogen (secondary N) is 3. The van der Waals surface area contributed by atoms with Crippen LogP contribution in [0.5, 0.6) is 5.75 Å². The highest BCUT2D eigenvalue weighted by Crippen LogP contribution is 2.26. The van der Waals surface area contributed by atoms with Crippen LogP contribution in [0.3, 0.4) is 0 Å². The number of imidazole rings is 1. The van der Waals surface area contributed by atoms with Crippen LogP contribution in [0.1, 0.15) is 24.2 Å². The summed E-state index contributed by atoms with van der Waals surface area (Å²) in [6, 6.07) is 14.0. The van der Waals surface area contributed by atoms with Crippen LogP contribution in [0.4, 0.5) is 0 Å². The van der Waals surface area contributed by atoms with Gasteiger partial charge in [0.05, 0.1) is 23.8 Å². The molecule has 2 aromatic carbocycles. The summed E-state index contributed by atoms with van der Waals surface area (Å²) >= 11 is 1.63. The third-order valence-corrected chi connectivity index (χ3v) is 5.46. The van der Waals surface area contributed by atoms with Crippen LogP contribution < -0.4 is 15.7 Å². The molecule has 0 spiro atoms. The summed E-state index contributed by atoms with van der Waals surface area (Å²) in [6.45, 7) is 2.78. The summed E-state index contributed by atoms with van der Waals surface area (Å²) < 4.78 is 5.20. The molecule has 27 heavy (non-hydrogen) atoms. The minimum Gasteiger partial charge on any atom is -0.497 e. The van der Waals surface area contributed by atoms with Crippen molar-refractivity contribution in [3.8, 4) is 16.3 Å². The molecule has 4 rings (SSSR count). The average Bonchev–Trinajstić information content (AvgIpc) is 3.31. The van der Waals surface area contributed by atoms with Crippen LogP contribution in [0, 0.1) is 0 Å². The van der Waals surface area contributed by atoms with Gasteiger partial charge >= 0.3 is 5.69 Å². The van der Waals surface area contributed by atoms with E-state index in [4.69, 9.17) is 9.72 Å². The molecule has 0 aliphatic heterocycles. The van der Waals surface area contributed by atoms with Crippen LogP contribution in [0.2, 0.25) is 0 Å². The van der Waals surface area contributed by atoms with Gasteiger partial charge in [-0.25, -0.2) is 9.78 Å². The van der Waals surface area contributed by atoms with E-state index in [9.17, 15) is 4.79 Å². The Hall–Kier alpha value is -2.90. The molecule has 7 heteroatoms. The normalized spacial score (nSPS) is 12.4. The van der Waals surface area contributed by atoms with Crippen LogP contribution in [0.15, 0.2) is 52.6 Å². The first-order valence-electron chi connectivity index (χ1n) is 8.66.